The summed E-state index contributed by atoms with van der Waals surface area (Å²) in [5.74, 6) is -0.169. The minimum atomic E-state index is -0.387. The summed E-state index contributed by atoms with van der Waals surface area (Å²) in [6.07, 6.45) is 3.99. The van der Waals surface area contributed by atoms with E-state index in [1.807, 2.05) is 0 Å². The molecule has 0 unspecified atom stereocenters. The molecule has 5 heteroatoms. The fraction of sp³-hybridized carbons (Fsp3) is 0.308. The minimum Gasteiger partial charge on any atom is -0.494 e. The zero-order chi connectivity index (χ0) is 13.0. The van der Waals surface area contributed by atoms with Crippen LogP contribution in [0.2, 0.25) is 0 Å². The number of hydrogen-bond donors (Lipinski definition) is 1. The van der Waals surface area contributed by atoms with Gasteiger partial charge in [-0.25, -0.2) is 4.39 Å². The minimum absolute atomic E-state index is 0.114. The van der Waals surface area contributed by atoms with Crippen LogP contribution in [0.25, 0.3) is 11.1 Å². The van der Waals surface area contributed by atoms with Crippen LogP contribution in [0.3, 0.4) is 0 Å². The zero-order valence-corrected chi connectivity index (χ0v) is 10.1. The number of aromatic nitrogens is 2. The van der Waals surface area contributed by atoms with Gasteiger partial charge < -0.3 is 9.84 Å². The summed E-state index contributed by atoms with van der Waals surface area (Å²) in [7, 11) is 1.44. The first-order chi connectivity index (χ1) is 8.76. The van der Waals surface area contributed by atoms with Crippen molar-refractivity contribution < 1.29 is 14.2 Å². The predicted molar refractivity (Wildman–Crippen MR) is 65.9 cm³/mol. The first-order valence-corrected chi connectivity index (χ1v) is 5.72. The number of ether oxygens (including phenoxy) is 1. The lowest BCUT2D eigenvalue weighted by atomic mass is 10.1. The van der Waals surface area contributed by atoms with E-state index in [0.717, 1.165) is 0 Å². The summed E-state index contributed by atoms with van der Waals surface area (Å²) in [4.78, 5) is 0. The van der Waals surface area contributed by atoms with Crippen molar-refractivity contribution in [2.45, 2.75) is 13.0 Å². The molecule has 0 spiro atoms. The number of methoxy groups -OCH3 is 1. The molecule has 1 N–H and O–H groups in total. The van der Waals surface area contributed by atoms with Gasteiger partial charge in [-0.2, -0.15) is 5.10 Å². The van der Waals surface area contributed by atoms with Crippen LogP contribution in [0, 0.1) is 5.82 Å². The summed E-state index contributed by atoms with van der Waals surface area (Å²) in [6.45, 7) is 0.727. The van der Waals surface area contributed by atoms with E-state index in [2.05, 4.69) is 5.10 Å². The van der Waals surface area contributed by atoms with E-state index in [4.69, 9.17) is 9.84 Å². The van der Waals surface area contributed by atoms with Crippen LogP contribution in [0.1, 0.15) is 6.42 Å². The molecule has 96 valence electrons. The van der Waals surface area contributed by atoms with E-state index in [0.29, 0.717) is 24.1 Å². The van der Waals surface area contributed by atoms with Crippen molar-refractivity contribution in [3.63, 3.8) is 0 Å². The summed E-state index contributed by atoms with van der Waals surface area (Å²) < 4.78 is 20.6. The van der Waals surface area contributed by atoms with Gasteiger partial charge in [-0.05, 0) is 12.5 Å². The van der Waals surface area contributed by atoms with Crippen LogP contribution in [0.4, 0.5) is 4.39 Å². The lowest BCUT2D eigenvalue weighted by Gasteiger charge is -2.05. The van der Waals surface area contributed by atoms with Crippen LogP contribution >= 0.6 is 0 Å². The molecule has 0 aliphatic rings. The SMILES string of the molecule is COc1cccc(-c2cnn(CCCO)c2)c1F. The van der Waals surface area contributed by atoms with Gasteiger partial charge in [-0.3, -0.25) is 4.68 Å². The number of hydrogen-bond acceptors (Lipinski definition) is 3. The highest BCUT2D eigenvalue weighted by Crippen LogP contribution is 2.28. The molecule has 1 aromatic carbocycles. The highest BCUT2D eigenvalue weighted by atomic mass is 19.1. The molecular formula is C13H15FN2O2. The fourth-order valence-electron chi connectivity index (χ4n) is 1.75. The molecule has 0 fully saturated rings. The van der Waals surface area contributed by atoms with E-state index in [1.54, 1.807) is 35.3 Å². The van der Waals surface area contributed by atoms with Crippen LogP contribution < -0.4 is 4.74 Å². The van der Waals surface area contributed by atoms with Gasteiger partial charge in [0.2, 0.25) is 0 Å². The molecule has 0 saturated carbocycles. The van der Waals surface area contributed by atoms with Crippen LogP contribution in [0.5, 0.6) is 5.75 Å². The molecular weight excluding hydrogens is 235 g/mol. The Hall–Kier alpha value is -1.88. The van der Waals surface area contributed by atoms with Gasteiger partial charge in [0, 0.05) is 30.5 Å². The normalized spacial score (nSPS) is 10.6. The molecule has 4 nitrogen and oxygen atoms in total. The number of halogens is 1. The Bertz CT molecular complexity index is 525. The highest BCUT2D eigenvalue weighted by molar-refractivity contribution is 5.64. The standard InChI is InChI=1S/C13H15FN2O2/c1-18-12-5-2-4-11(13(12)14)10-8-15-16(9-10)6-3-7-17/h2,4-5,8-9,17H,3,6-7H2,1H3. The molecule has 0 saturated heterocycles. The number of aryl methyl sites for hydroxylation is 1. The molecule has 0 bridgehead atoms. The Labute approximate surface area is 105 Å². The molecule has 1 heterocycles. The largest absolute Gasteiger partial charge is 0.494 e. The average Bonchev–Trinajstić information content (AvgIpc) is 2.85. The maximum atomic E-state index is 14.0. The molecule has 0 atom stereocenters. The Kier molecular flexibility index (Phi) is 3.94. The van der Waals surface area contributed by atoms with Gasteiger partial charge >= 0.3 is 0 Å². The quantitative estimate of drug-likeness (QED) is 0.883. The summed E-state index contributed by atoms with van der Waals surface area (Å²) >= 11 is 0. The topological polar surface area (TPSA) is 47.3 Å². The second kappa shape index (κ2) is 5.64. The van der Waals surface area contributed by atoms with E-state index >= 15 is 0 Å². The van der Waals surface area contributed by atoms with Crippen molar-refractivity contribution >= 4 is 0 Å². The van der Waals surface area contributed by atoms with E-state index in [-0.39, 0.29) is 18.2 Å². The first-order valence-electron chi connectivity index (χ1n) is 5.72. The van der Waals surface area contributed by atoms with Crippen molar-refractivity contribution in [2.24, 2.45) is 0 Å². The molecule has 0 aliphatic heterocycles. The van der Waals surface area contributed by atoms with Crippen LogP contribution in [0.15, 0.2) is 30.6 Å². The van der Waals surface area contributed by atoms with Gasteiger partial charge in [-0.15, -0.1) is 0 Å². The van der Waals surface area contributed by atoms with Gasteiger partial charge in [0.25, 0.3) is 0 Å². The van der Waals surface area contributed by atoms with Gasteiger partial charge in [0.15, 0.2) is 11.6 Å². The summed E-state index contributed by atoms with van der Waals surface area (Å²) in [6, 6.07) is 5.00. The van der Waals surface area contributed by atoms with Gasteiger partial charge in [0.05, 0.1) is 13.3 Å². The molecule has 2 aromatic rings. The van der Waals surface area contributed by atoms with Crippen molar-refractivity contribution in [2.75, 3.05) is 13.7 Å². The van der Waals surface area contributed by atoms with Gasteiger partial charge in [0.1, 0.15) is 0 Å². The third-order valence-electron chi connectivity index (χ3n) is 2.67. The Morgan fingerprint density at radius 1 is 1.44 bits per heavy atom. The first kappa shape index (κ1) is 12.6. The zero-order valence-electron chi connectivity index (χ0n) is 10.1. The second-order valence-corrected chi connectivity index (χ2v) is 3.89. The van der Waals surface area contributed by atoms with Crippen molar-refractivity contribution in [1.29, 1.82) is 0 Å². The number of nitrogens with zero attached hydrogens (tertiary/aromatic N) is 2. The van der Waals surface area contributed by atoms with Gasteiger partial charge in [-0.1, -0.05) is 12.1 Å². The predicted octanol–water partition coefficient (Wildman–Crippen LogP) is 2.08. The molecule has 1 aromatic heterocycles. The molecule has 0 amide bonds. The number of aliphatic hydroxyl groups excluding tert-OH is 1. The molecule has 0 radical (unpaired) electrons. The molecule has 2 rings (SSSR count). The molecule has 0 aliphatic carbocycles. The van der Waals surface area contributed by atoms with Crippen molar-refractivity contribution in [3.8, 4) is 16.9 Å². The van der Waals surface area contributed by atoms with E-state index in [1.165, 1.54) is 7.11 Å². The number of rotatable bonds is 5. The Balaban J connectivity index is 2.28. The lowest BCUT2D eigenvalue weighted by Crippen LogP contribution is -1.99. The Morgan fingerprint density at radius 3 is 3.00 bits per heavy atom. The van der Waals surface area contributed by atoms with Crippen LogP contribution in [-0.2, 0) is 6.54 Å². The lowest BCUT2D eigenvalue weighted by molar-refractivity contribution is 0.277. The van der Waals surface area contributed by atoms with Crippen molar-refractivity contribution in [3.05, 3.63) is 36.4 Å². The third kappa shape index (κ3) is 2.51. The van der Waals surface area contributed by atoms with Crippen molar-refractivity contribution in [1.82, 2.24) is 9.78 Å². The fourth-order valence-corrected chi connectivity index (χ4v) is 1.75. The van der Waals surface area contributed by atoms with E-state index in [9.17, 15) is 4.39 Å². The highest BCUT2D eigenvalue weighted by Gasteiger charge is 2.11. The average molecular weight is 250 g/mol. The van der Waals surface area contributed by atoms with E-state index < -0.39 is 0 Å². The number of benzene rings is 1. The smallest absolute Gasteiger partial charge is 0.172 e. The van der Waals surface area contributed by atoms with Crippen LogP contribution in [-0.4, -0.2) is 28.6 Å². The second-order valence-electron chi connectivity index (χ2n) is 3.89. The number of aliphatic hydroxyl groups is 1. The maximum absolute atomic E-state index is 14.0. The maximum Gasteiger partial charge on any atom is 0.172 e. The summed E-state index contributed by atoms with van der Waals surface area (Å²) in [5, 5.41) is 12.9. The summed E-state index contributed by atoms with van der Waals surface area (Å²) in [5.41, 5.74) is 1.16. The monoisotopic (exact) mass is 250 g/mol. The molecule has 18 heavy (non-hydrogen) atoms. The third-order valence-corrected chi connectivity index (χ3v) is 2.67. The Morgan fingerprint density at radius 2 is 2.28 bits per heavy atom.